The number of rotatable bonds is 2. The van der Waals surface area contributed by atoms with Crippen LogP contribution in [0.2, 0.25) is 0 Å². The zero-order valence-electron chi connectivity index (χ0n) is 9.32. The van der Waals surface area contributed by atoms with Gasteiger partial charge in [-0.05, 0) is 22.4 Å². The van der Waals surface area contributed by atoms with Gasteiger partial charge in [-0.1, -0.05) is 30.3 Å². The summed E-state index contributed by atoms with van der Waals surface area (Å²) in [5.41, 5.74) is 2.01. The van der Waals surface area contributed by atoms with Crippen molar-refractivity contribution < 1.29 is 4.79 Å². The van der Waals surface area contributed by atoms with Gasteiger partial charge in [0.05, 0.1) is 0 Å². The second-order valence-electron chi connectivity index (χ2n) is 4.24. The first-order valence-corrected chi connectivity index (χ1v) is 6.20. The smallest absolute Gasteiger partial charge is 0.254 e. The largest absolute Gasteiger partial charge is 0.333 e. The SMILES string of the molecule is O=C1c2cccc3cccc(c23)CN1CCCl. The number of nitrogens with zero attached hydrogens (tertiary/aromatic N) is 1. The number of carbonyl (C=O) groups is 1. The highest BCUT2D eigenvalue weighted by atomic mass is 35.5. The Kier molecular flexibility index (Phi) is 2.52. The Morgan fingerprint density at radius 3 is 2.71 bits per heavy atom. The lowest BCUT2D eigenvalue weighted by Gasteiger charge is -2.28. The van der Waals surface area contributed by atoms with Gasteiger partial charge in [-0.15, -0.1) is 11.6 Å². The fraction of sp³-hybridized carbons (Fsp3) is 0.214. The summed E-state index contributed by atoms with van der Waals surface area (Å²) in [4.78, 5) is 14.1. The van der Waals surface area contributed by atoms with Gasteiger partial charge in [0.2, 0.25) is 0 Å². The predicted molar refractivity (Wildman–Crippen MR) is 69.4 cm³/mol. The number of amides is 1. The Morgan fingerprint density at radius 2 is 1.94 bits per heavy atom. The first-order valence-electron chi connectivity index (χ1n) is 5.67. The van der Waals surface area contributed by atoms with Gasteiger partial charge in [-0.3, -0.25) is 4.79 Å². The Balaban J connectivity index is 2.22. The van der Waals surface area contributed by atoms with Crippen molar-refractivity contribution in [2.75, 3.05) is 12.4 Å². The first kappa shape index (κ1) is 10.6. The Hall–Kier alpha value is -1.54. The molecule has 17 heavy (non-hydrogen) atoms. The lowest BCUT2D eigenvalue weighted by Crippen LogP contribution is -2.35. The maximum absolute atomic E-state index is 12.3. The molecule has 3 rings (SSSR count). The van der Waals surface area contributed by atoms with E-state index in [0.29, 0.717) is 19.0 Å². The Morgan fingerprint density at radius 1 is 1.18 bits per heavy atom. The monoisotopic (exact) mass is 245 g/mol. The normalized spacial score (nSPS) is 14.4. The Bertz CT molecular complexity index is 589. The van der Waals surface area contributed by atoms with E-state index in [1.165, 1.54) is 5.56 Å². The van der Waals surface area contributed by atoms with Crippen molar-refractivity contribution in [3.05, 3.63) is 47.5 Å². The molecule has 0 saturated carbocycles. The Labute approximate surface area is 105 Å². The van der Waals surface area contributed by atoms with Gasteiger partial charge >= 0.3 is 0 Å². The van der Waals surface area contributed by atoms with Crippen molar-refractivity contribution >= 4 is 28.3 Å². The van der Waals surface area contributed by atoms with Crippen molar-refractivity contribution in [1.29, 1.82) is 0 Å². The molecule has 0 aromatic heterocycles. The summed E-state index contributed by atoms with van der Waals surface area (Å²) >= 11 is 5.74. The molecule has 0 atom stereocenters. The third kappa shape index (κ3) is 1.60. The second-order valence-corrected chi connectivity index (χ2v) is 4.61. The molecule has 2 aromatic rings. The molecule has 0 fully saturated rings. The zero-order valence-corrected chi connectivity index (χ0v) is 10.1. The zero-order chi connectivity index (χ0) is 11.8. The third-order valence-electron chi connectivity index (χ3n) is 3.22. The molecule has 1 aliphatic rings. The van der Waals surface area contributed by atoms with Crippen LogP contribution < -0.4 is 0 Å². The van der Waals surface area contributed by atoms with E-state index in [2.05, 4.69) is 6.07 Å². The molecule has 0 unspecified atom stereocenters. The standard InChI is InChI=1S/C14H12ClNO/c15-7-8-16-9-11-5-1-3-10-4-2-6-12(13(10)11)14(16)17/h1-6H,7-9H2. The molecule has 2 aromatic carbocycles. The number of benzene rings is 2. The number of hydrogen-bond acceptors (Lipinski definition) is 1. The van der Waals surface area contributed by atoms with Crippen molar-refractivity contribution in [3.63, 3.8) is 0 Å². The predicted octanol–water partition coefficient (Wildman–Crippen LogP) is 3.03. The van der Waals surface area contributed by atoms with E-state index >= 15 is 0 Å². The molecule has 0 aliphatic carbocycles. The van der Waals surface area contributed by atoms with E-state index in [-0.39, 0.29) is 5.91 Å². The molecule has 2 nitrogen and oxygen atoms in total. The fourth-order valence-electron chi connectivity index (χ4n) is 2.46. The van der Waals surface area contributed by atoms with Crippen LogP contribution in [0.3, 0.4) is 0 Å². The van der Waals surface area contributed by atoms with Gasteiger partial charge in [-0.25, -0.2) is 0 Å². The minimum absolute atomic E-state index is 0.0925. The molecular formula is C14H12ClNO. The molecule has 0 bridgehead atoms. The van der Waals surface area contributed by atoms with Crippen molar-refractivity contribution in [2.45, 2.75) is 6.54 Å². The lowest BCUT2D eigenvalue weighted by atomic mass is 9.95. The summed E-state index contributed by atoms with van der Waals surface area (Å²) in [6, 6.07) is 12.0. The van der Waals surface area contributed by atoms with Crippen LogP contribution in [0.1, 0.15) is 15.9 Å². The van der Waals surface area contributed by atoms with E-state index in [1.807, 2.05) is 35.2 Å². The lowest BCUT2D eigenvalue weighted by molar-refractivity contribution is 0.0749. The van der Waals surface area contributed by atoms with Gasteiger partial charge in [0.25, 0.3) is 5.91 Å². The van der Waals surface area contributed by atoms with Crippen LogP contribution in [0.5, 0.6) is 0 Å². The highest BCUT2D eigenvalue weighted by molar-refractivity contribution is 6.18. The number of hydrogen-bond donors (Lipinski definition) is 0. The van der Waals surface area contributed by atoms with Gasteiger partial charge in [0.1, 0.15) is 0 Å². The van der Waals surface area contributed by atoms with E-state index in [1.54, 1.807) is 0 Å². The summed E-state index contributed by atoms with van der Waals surface area (Å²) in [6.45, 7) is 1.27. The molecular weight excluding hydrogens is 234 g/mol. The van der Waals surface area contributed by atoms with Crippen LogP contribution in [0, 0.1) is 0 Å². The average molecular weight is 246 g/mol. The van der Waals surface area contributed by atoms with Crippen LogP contribution in [0.4, 0.5) is 0 Å². The molecule has 1 heterocycles. The molecule has 0 spiro atoms. The highest BCUT2D eigenvalue weighted by Crippen LogP contribution is 2.29. The maximum atomic E-state index is 12.3. The second kappa shape index (κ2) is 4.04. The van der Waals surface area contributed by atoms with E-state index in [9.17, 15) is 4.79 Å². The topological polar surface area (TPSA) is 20.3 Å². The van der Waals surface area contributed by atoms with Gasteiger partial charge < -0.3 is 4.90 Å². The van der Waals surface area contributed by atoms with Crippen molar-refractivity contribution in [2.24, 2.45) is 0 Å². The van der Waals surface area contributed by atoms with Crippen LogP contribution in [-0.2, 0) is 6.54 Å². The number of halogens is 1. The maximum Gasteiger partial charge on any atom is 0.254 e. The molecule has 1 aliphatic heterocycles. The summed E-state index contributed by atoms with van der Waals surface area (Å²) in [6.07, 6.45) is 0. The molecule has 0 saturated heterocycles. The summed E-state index contributed by atoms with van der Waals surface area (Å²) in [5.74, 6) is 0.569. The van der Waals surface area contributed by atoms with Gasteiger partial charge in [0.15, 0.2) is 0 Å². The number of alkyl halides is 1. The summed E-state index contributed by atoms with van der Waals surface area (Å²) in [5, 5.41) is 2.24. The van der Waals surface area contributed by atoms with E-state index in [4.69, 9.17) is 11.6 Å². The molecule has 0 N–H and O–H groups in total. The van der Waals surface area contributed by atoms with Gasteiger partial charge in [0, 0.05) is 24.5 Å². The van der Waals surface area contributed by atoms with Crippen LogP contribution in [0.25, 0.3) is 10.8 Å². The molecule has 1 amide bonds. The highest BCUT2D eigenvalue weighted by Gasteiger charge is 2.24. The van der Waals surface area contributed by atoms with Crippen molar-refractivity contribution in [3.8, 4) is 0 Å². The third-order valence-corrected chi connectivity index (χ3v) is 3.39. The van der Waals surface area contributed by atoms with Crippen LogP contribution in [0.15, 0.2) is 36.4 Å². The molecule has 0 radical (unpaired) electrons. The summed E-state index contributed by atoms with van der Waals surface area (Å²) < 4.78 is 0. The number of carbonyl (C=O) groups excluding carboxylic acids is 1. The van der Waals surface area contributed by atoms with E-state index < -0.39 is 0 Å². The quantitative estimate of drug-likeness (QED) is 0.745. The average Bonchev–Trinajstić information content (AvgIpc) is 2.36. The molecule has 3 heteroatoms. The van der Waals surface area contributed by atoms with Crippen LogP contribution in [-0.4, -0.2) is 23.2 Å². The fourth-order valence-corrected chi connectivity index (χ4v) is 2.66. The minimum Gasteiger partial charge on any atom is -0.333 e. The first-order chi connectivity index (χ1) is 8.31. The van der Waals surface area contributed by atoms with Crippen molar-refractivity contribution in [1.82, 2.24) is 4.90 Å². The van der Waals surface area contributed by atoms with Crippen LogP contribution >= 0.6 is 11.6 Å². The van der Waals surface area contributed by atoms with E-state index in [0.717, 1.165) is 16.3 Å². The van der Waals surface area contributed by atoms with Gasteiger partial charge in [-0.2, -0.15) is 0 Å². The molecule has 86 valence electrons. The minimum atomic E-state index is 0.0925. The summed E-state index contributed by atoms with van der Waals surface area (Å²) in [7, 11) is 0.